The maximum absolute atomic E-state index is 11.4. The van der Waals surface area contributed by atoms with Gasteiger partial charge in [-0.3, -0.25) is 45.4 Å². The van der Waals surface area contributed by atoms with Gasteiger partial charge in [-0.2, -0.15) is 42.1 Å². The van der Waals surface area contributed by atoms with E-state index in [1.54, 1.807) is 18.2 Å². The Bertz CT molecular complexity index is 3890. The highest BCUT2D eigenvalue weighted by Crippen LogP contribution is 2.34. The first-order valence-corrected chi connectivity index (χ1v) is 40.5. The van der Waals surface area contributed by atoms with E-state index in [1.165, 1.54) is 16.7 Å². The van der Waals surface area contributed by atoms with E-state index in [0.717, 1.165) is 73.8 Å². The average Bonchev–Trinajstić information content (AvgIpc) is 1.03. The molecule has 0 radical (unpaired) electrons. The predicted molar refractivity (Wildman–Crippen MR) is 389 cm³/mol. The minimum atomic E-state index is -3.52. The zero-order chi connectivity index (χ0) is 73.4. The Balaban J connectivity index is 0.000000417. The third-order valence-electron chi connectivity index (χ3n) is 14.9. The minimum Gasteiger partial charge on any atom is -0.469 e. The number of nitrogens with zero attached hydrogens (tertiary/aromatic N) is 5. The molecular weight excluding hydrogens is 1350 g/mol. The molecule has 0 aliphatic heterocycles. The lowest BCUT2D eigenvalue weighted by Crippen LogP contribution is -2.42. The first kappa shape index (κ1) is 87.4. The molecule has 0 spiro atoms. The second kappa shape index (κ2) is 45.9. The molecule has 6 unspecified atom stereocenters. The molecule has 21 nitrogen and oxygen atoms in total. The smallest absolute Gasteiger partial charge is 0.265 e. The molecule has 1 aliphatic carbocycles. The molecule has 1 aliphatic rings. The van der Waals surface area contributed by atoms with Gasteiger partial charge in [0.05, 0.1) is 96.2 Å². The van der Waals surface area contributed by atoms with Gasteiger partial charge >= 0.3 is 0 Å². The highest BCUT2D eigenvalue weighted by Gasteiger charge is 2.28. The van der Waals surface area contributed by atoms with Crippen LogP contribution in [-0.2, 0) is 104 Å². The zero-order valence-corrected chi connectivity index (χ0v) is 62.2. The molecule has 1 heterocycles. The molecule has 0 amide bonds. The van der Waals surface area contributed by atoms with E-state index in [-0.39, 0.29) is 44.0 Å². The standard InChI is InChI=1S/C16H21NO3S.2C15H21NO3S.C13H19NO4S.C13H17NO3S/c1-3-11-17(12-13-20-21(2,18)19)16-10-6-8-14-7-4-5-9-15(14)16;1-5-11-16(3)13(2)15(19-20(4,17)18)12-14-9-7-6-8-10-14;1-4-10-16(11-12-19-20(3,17)18)14(2)13-15-8-6-5-7-9-15;1-4-7-14(8-10-18-19(3,15)16)12(2)11-13-6-5-9-17-13;1-4-10-14(2)13(17-18(3,15)16)11-12-8-6-5-7-9-12/h1,4-5,7,9,16H,6,8,10-13H2,2H3;1,6-10,13,15H,11-12H2,2-4H3;1,5-9,14H,10-13H2,2-3H3;1,5-6,9,12H,7-8,10-11H2,2-3H3;1,5-9,13H,10-11H2,2-3H3. The van der Waals surface area contributed by atoms with Crippen LogP contribution in [0.3, 0.4) is 0 Å². The first-order chi connectivity index (χ1) is 46.1. The van der Waals surface area contributed by atoms with Crippen molar-refractivity contribution in [3.8, 4) is 61.7 Å². The van der Waals surface area contributed by atoms with Gasteiger partial charge in [0.2, 0.25) is 0 Å². The largest absolute Gasteiger partial charge is 0.469 e. The summed E-state index contributed by atoms with van der Waals surface area (Å²) in [7, 11) is -13.7. The average molecular weight is 1450 g/mol. The highest BCUT2D eigenvalue weighted by atomic mass is 32.2. The first-order valence-electron chi connectivity index (χ1n) is 31.4. The number of aryl methyl sites for hydroxylation is 1. The van der Waals surface area contributed by atoms with Crippen LogP contribution in [-0.4, -0.2) is 215 Å². The number of terminal acetylenes is 5. The third kappa shape index (κ3) is 40.4. The molecule has 4 aromatic carbocycles. The predicted octanol–water partition coefficient (Wildman–Crippen LogP) is 7.25. The molecule has 6 atom stereocenters. The SMILES string of the molecule is C#CCN(C)C(C)C(Cc1ccccc1)OS(C)(=O)=O.C#CCN(C)C(Cc1ccccc1)OS(C)(=O)=O.C#CCN(CCOS(C)(=O)=O)C(C)Cc1ccccc1.C#CCN(CCOS(C)(=O)=O)C(C)Cc1ccco1.C#CCN(CCOS(C)(=O)=O)C1CCCc2ccccc21. The van der Waals surface area contributed by atoms with E-state index in [0.29, 0.717) is 71.6 Å². The van der Waals surface area contributed by atoms with Crippen molar-refractivity contribution >= 4 is 50.6 Å². The molecule has 538 valence electrons. The molecular formula is C72H99N5O16S5. The Labute approximate surface area is 587 Å². The topological polar surface area (TPSA) is 246 Å². The number of benzene rings is 4. The third-order valence-corrected chi connectivity index (χ3v) is 17.9. The van der Waals surface area contributed by atoms with Gasteiger partial charge in [0, 0.05) is 63.1 Å². The number of rotatable bonds is 35. The lowest BCUT2D eigenvalue weighted by Gasteiger charge is -2.34. The van der Waals surface area contributed by atoms with Crippen LogP contribution in [0.15, 0.2) is 138 Å². The number of likely N-dealkylation sites (N-methyl/N-ethyl adjacent to an activating group) is 2. The summed E-state index contributed by atoms with van der Waals surface area (Å²) in [6.45, 7) is 10.00. The maximum atomic E-state index is 11.4. The van der Waals surface area contributed by atoms with Crippen LogP contribution in [0, 0.1) is 61.7 Å². The zero-order valence-electron chi connectivity index (χ0n) is 58.1. The number of furan rings is 1. The van der Waals surface area contributed by atoms with Crippen LogP contribution >= 0.6 is 0 Å². The molecule has 0 saturated heterocycles. The van der Waals surface area contributed by atoms with E-state index in [2.05, 4.69) is 71.8 Å². The molecule has 5 aromatic rings. The van der Waals surface area contributed by atoms with E-state index < -0.39 is 62.9 Å². The molecule has 1 aromatic heterocycles. The van der Waals surface area contributed by atoms with Crippen LogP contribution < -0.4 is 0 Å². The monoisotopic (exact) mass is 1450 g/mol. The Morgan fingerprint density at radius 1 is 0.469 bits per heavy atom. The van der Waals surface area contributed by atoms with Gasteiger partial charge in [0.25, 0.3) is 50.6 Å². The van der Waals surface area contributed by atoms with E-state index in [1.807, 2.05) is 133 Å². The van der Waals surface area contributed by atoms with Gasteiger partial charge in [0.15, 0.2) is 0 Å². The fourth-order valence-electron chi connectivity index (χ4n) is 10.0. The van der Waals surface area contributed by atoms with Crippen LogP contribution in [0.4, 0.5) is 0 Å². The highest BCUT2D eigenvalue weighted by molar-refractivity contribution is 7.86. The lowest BCUT2D eigenvalue weighted by atomic mass is 9.87. The Kier molecular flexibility index (Phi) is 40.9. The molecule has 0 N–H and O–H groups in total. The van der Waals surface area contributed by atoms with Gasteiger partial charge in [0.1, 0.15) is 12.0 Å². The molecule has 98 heavy (non-hydrogen) atoms. The van der Waals surface area contributed by atoms with Gasteiger partial charge in [-0.25, -0.2) is 0 Å². The molecule has 6 rings (SSSR count). The quantitative estimate of drug-likeness (QED) is 0.0220. The fourth-order valence-corrected chi connectivity index (χ4v) is 12.4. The van der Waals surface area contributed by atoms with Gasteiger partial charge in [-0.05, 0) is 100 Å². The molecule has 26 heteroatoms. The fraction of sp³-hybridized carbons (Fsp3) is 0.472. The lowest BCUT2D eigenvalue weighted by molar-refractivity contribution is 0.0625. The van der Waals surface area contributed by atoms with Crippen molar-refractivity contribution in [2.24, 2.45) is 0 Å². The Hall–Kier alpha value is -6.69. The van der Waals surface area contributed by atoms with Crippen LogP contribution in [0.2, 0.25) is 0 Å². The van der Waals surface area contributed by atoms with Crippen molar-refractivity contribution in [3.63, 3.8) is 0 Å². The van der Waals surface area contributed by atoms with Gasteiger partial charge in [-0.15, -0.1) is 32.1 Å². The number of fused-ring (bicyclic) bond motifs is 1. The van der Waals surface area contributed by atoms with E-state index >= 15 is 0 Å². The summed E-state index contributed by atoms with van der Waals surface area (Å²) < 4.78 is 141. The number of hydrogen-bond acceptors (Lipinski definition) is 21. The van der Waals surface area contributed by atoms with Crippen molar-refractivity contribution in [1.82, 2.24) is 24.5 Å². The van der Waals surface area contributed by atoms with Gasteiger partial charge < -0.3 is 4.42 Å². The van der Waals surface area contributed by atoms with E-state index in [9.17, 15) is 42.1 Å². The van der Waals surface area contributed by atoms with Gasteiger partial charge in [-0.1, -0.05) is 145 Å². The second-order valence-corrected chi connectivity index (χ2v) is 31.5. The van der Waals surface area contributed by atoms with Crippen LogP contribution in [0.1, 0.15) is 73.2 Å². The summed E-state index contributed by atoms with van der Waals surface area (Å²) in [6.07, 6.45) is 38.3. The molecule has 0 fully saturated rings. The summed E-state index contributed by atoms with van der Waals surface area (Å²) in [4.78, 5) is 9.74. The summed E-state index contributed by atoms with van der Waals surface area (Å²) >= 11 is 0. The van der Waals surface area contributed by atoms with Crippen molar-refractivity contribution in [2.45, 2.75) is 102 Å². The van der Waals surface area contributed by atoms with Crippen molar-refractivity contribution in [2.75, 3.05) is 118 Å². The Morgan fingerprint density at radius 3 is 1.33 bits per heavy atom. The number of hydrogen-bond donors (Lipinski definition) is 0. The van der Waals surface area contributed by atoms with Crippen molar-refractivity contribution in [3.05, 3.63) is 167 Å². The van der Waals surface area contributed by atoms with Crippen LogP contribution in [0.5, 0.6) is 0 Å². The second-order valence-electron chi connectivity index (χ2n) is 23.3. The normalized spacial score (nSPS) is 14.6. The van der Waals surface area contributed by atoms with Crippen LogP contribution in [0.25, 0.3) is 0 Å². The molecule has 0 saturated carbocycles. The minimum absolute atomic E-state index is 0.100. The van der Waals surface area contributed by atoms with E-state index in [4.69, 9.17) is 57.4 Å². The maximum Gasteiger partial charge on any atom is 0.265 e. The summed E-state index contributed by atoms with van der Waals surface area (Å²) in [5.74, 6) is 13.7. The molecule has 0 bridgehead atoms. The summed E-state index contributed by atoms with van der Waals surface area (Å²) in [6, 6.07) is 41.9. The van der Waals surface area contributed by atoms with Crippen molar-refractivity contribution in [1.29, 1.82) is 0 Å². The summed E-state index contributed by atoms with van der Waals surface area (Å²) in [5.41, 5.74) is 5.92. The van der Waals surface area contributed by atoms with Crippen molar-refractivity contribution < 1.29 is 67.4 Å². The Morgan fingerprint density at radius 2 is 0.888 bits per heavy atom. The summed E-state index contributed by atoms with van der Waals surface area (Å²) in [5, 5.41) is 0.